The summed E-state index contributed by atoms with van der Waals surface area (Å²) in [5.74, 6) is -1.66. The highest BCUT2D eigenvalue weighted by molar-refractivity contribution is 7.98. The van der Waals surface area contributed by atoms with Gasteiger partial charge in [0.05, 0.1) is 10.0 Å². The van der Waals surface area contributed by atoms with Crippen LogP contribution in [0.4, 0.5) is 0 Å². The molecule has 0 aromatic heterocycles. The Hall–Kier alpha value is -2.68. The van der Waals surface area contributed by atoms with Gasteiger partial charge in [0.15, 0.2) is 0 Å². The zero-order valence-electron chi connectivity index (χ0n) is 19.1. The van der Waals surface area contributed by atoms with Gasteiger partial charge in [0.2, 0.25) is 11.8 Å². The van der Waals surface area contributed by atoms with Crippen molar-refractivity contribution in [3.63, 3.8) is 0 Å². The molecule has 4 N–H and O–H groups in total. The van der Waals surface area contributed by atoms with Gasteiger partial charge in [-0.25, -0.2) is 4.79 Å². The Kier molecular flexibility index (Phi) is 9.48. The van der Waals surface area contributed by atoms with Gasteiger partial charge >= 0.3 is 5.97 Å². The van der Waals surface area contributed by atoms with Crippen LogP contribution in [-0.4, -0.2) is 58.3 Å². The number of hydrogen-bond acceptors (Lipinski definition) is 4. The zero-order valence-corrected chi connectivity index (χ0v) is 21.4. The molecule has 0 spiro atoms. The van der Waals surface area contributed by atoms with Gasteiger partial charge in [-0.05, 0) is 54.5 Å². The number of amides is 2. The highest BCUT2D eigenvalue weighted by Crippen LogP contribution is 2.35. The summed E-state index contributed by atoms with van der Waals surface area (Å²) in [5.41, 5.74) is 1.37. The molecule has 0 bridgehead atoms. The minimum atomic E-state index is -1.12. The third-order valence-electron chi connectivity index (χ3n) is 5.89. The number of nitrogens with one attached hydrogen (secondary N) is 1. The first-order valence-corrected chi connectivity index (χ1v) is 13.0. The van der Waals surface area contributed by atoms with E-state index in [-0.39, 0.29) is 24.2 Å². The van der Waals surface area contributed by atoms with Crippen LogP contribution in [-0.2, 0) is 20.8 Å². The van der Waals surface area contributed by atoms with Gasteiger partial charge in [0.25, 0.3) is 5.75 Å². The van der Waals surface area contributed by atoms with E-state index in [1.807, 2.05) is 12.3 Å². The molecule has 0 unspecified atom stereocenters. The number of carbonyl (C=O) groups is 3. The third kappa shape index (κ3) is 7.16. The molecule has 0 radical (unpaired) electrons. The lowest BCUT2D eigenvalue weighted by atomic mass is 9.95. The average molecular weight is 538 g/mol. The van der Waals surface area contributed by atoms with Gasteiger partial charge in [-0.3, -0.25) is 9.59 Å². The highest BCUT2D eigenvalue weighted by Gasteiger charge is 2.29. The topological polar surface area (TPSA) is 110 Å². The first kappa shape index (κ1) is 26.9. The van der Waals surface area contributed by atoms with Gasteiger partial charge in [-0.2, -0.15) is 0 Å². The third-order valence-corrected chi connectivity index (χ3v) is 7.68. The van der Waals surface area contributed by atoms with Gasteiger partial charge in [0, 0.05) is 48.5 Å². The first-order valence-electron chi connectivity index (χ1n) is 11.0. The normalized spacial score (nSPS) is 15.2. The minimum absolute atomic E-state index is 0.133. The fourth-order valence-electron chi connectivity index (χ4n) is 3.83. The molecule has 2 aromatic carbocycles. The molecular weight excluding hydrogens is 511 g/mol. The fraction of sp³-hybridized carbons (Fsp3) is 0.320. The summed E-state index contributed by atoms with van der Waals surface area (Å²) < 4.78 is 0. The lowest BCUT2D eigenvalue weighted by Gasteiger charge is -2.31. The van der Waals surface area contributed by atoms with Crippen molar-refractivity contribution in [1.82, 2.24) is 10.2 Å². The van der Waals surface area contributed by atoms with Crippen LogP contribution in [0.5, 0.6) is 5.75 Å². The van der Waals surface area contributed by atoms with Crippen LogP contribution in [0.15, 0.2) is 47.4 Å². The number of carboxylic acids is 1. The Bertz CT molecular complexity index is 1120. The van der Waals surface area contributed by atoms with Crippen molar-refractivity contribution in [1.29, 1.82) is 0 Å². The molecule has 1 fully saturated rings. The van der Waals surface area contributed by atoms with Crippen molar-refractivity contribution in [2.75, 3.05) is 19.3 Å². The standard InChI is InChI=1S/C25H26Cl2N2O5S/c1-35-20-8-4-16(22(26)23(20)27)5-9-21(31)29-12-10-17(11-13-29)24(32)28-19(25(33)34)14-15-2-6-18(30)7-3-15/h2-9,17,19,30H,10-14H2,1H3,(H,28,32)(H,33,34)/p+1/b9-5+/t19-/m0/s1. The van der Waals surface area contributed by atoms with Crippen molar-refractivity contribution >= 4 is 58.8 Å². The van der Waals surface area contributed by atoms with E-state index in [1.165, 1.54) is 17.8 Å². The van der Waals surface area contributed by atoms with Crippen LogP contribution < -0.4 is 5.32 Å². The number of nitrogens with zero attached hydrogens (tertiary/aromatic N) is 1. The number of hydrogen-bond donors (Lipinski definition) is 2. The lowest BCUT2D eigenvalue weighted by Crippen LogP contribution is -2.48. The number of benzene rings is 2. The van der Waals surface area contributed by atoms with Crippen molar-refractivity contribution in [2.45, 2.75) is 30.2 Å². The molecule has 1 aliphatic rings. The Labute approximate surface area is 218 Å². The van der Waals surface area contributed by atoms with E-state index >= 15 is 0 Å². The second kappa shape index (κ2) is 12.3. The molecule has 10 heteroatoms. The number of aliphatic carboxylic acids is 1. The second-order valence-corrected chi connectivity index (χ2v) is 9.82. The maximum atomic E-state index is 12.7. The number of likely N-dealkylation sites (tertiary alicyclic amines) is 1. The van der Waals surface area contributed by atoms with Crippen LogP contribution in [0.2, 0.25) is 10.0 Å². The predicted molar refractivity (Wildman–Crippen MR) is 139 cm³/mol. The smallest absolute Gasteiger partial charge is 0.326 e. The van der Waals surface area contributed by atoms with Crippen LogP contribution >= 0.6 is 35.0 Å². The Morgan fingerprint density at radius 3 is 2.40 bits per heavy atom. The van der Waals surface area contributed by atoms with Crippen LogP contribution in [0, 0.1) is 5.92 Å². The van der Waals surface area contributed by atoms with Crippen LogP contribution in [0.25, 0.3) is 6.08 Å². The van der Waals surface area contributed by atoms with E-state index in [1.54, 1.807) is 41.3 Å². The highest BCUT2D eigenvalue weighted by atomic mass is 35.5. The van der Waals surface area contributed by atoms with E-state index in [0.29, 0.717) is 47.3 Å². The van der Waals surface area contributed by atoms with Gasteiger partial charge < -0.3 is 20.4 Å². The summed E-state index contributed by atoms with van der Waals surface area (Å²) >= 11 is 14.0. The number of thioether (sulfide) groups is 1. The molecule has 1 heterocycles. The molecule has 2 aromatic rings. The van der Waals surface area contributed by atoms with Crippen LogP contribution in [0.3, 0.4) is 0 Å². The molecule has 1 atom stereocenters. The quantitative estimate of drug-likeness (QED) is 0.297. The summed E-state index contributed by atoms with van der Waals surface area (Å²) in [6, 6.07) is 9.12. The molecule has 7 nitrogen and oxygen atoms in total. The van der Waals surface area contributed by atoms with Gasteiger partial charge in [-0.1, -0.05) is 29.3 Å². The van der Waals surface area contributed by atoms with E-state index < -0.39 is 12.0 Å². The number of halogens is 2. The van der Waals surface area contributed by atoms with E-state index in [9.17, 15) is 19.5 Å². The van der Waals surface area contributed by atoms with Gasteiger partial charge in [-0.15, -0.1) is 11.8 Å². The van der Waals surface area contributed by atoms with Crippen molar-refractivity contribution in [3.8, 4) is 5.75 Å². The summed E-state index contributed by atoms with van der Waals surface area (Å²) in [6.45, 7) is 0.785. The molecule has 0 aliphatic carbocycles. The number of carboxylic acid groups (broad SMARTS) is 1. The van der Waals surface area contributed by atoms with Gasteiger partial charge in [0.1, 0.15) is 6.04 Å². The molecule has 0 saturated carbocycles. The molecule has 1 aliphatic heterocycles. The molecule has 186 valence electrons. The monoisotopic (exact) mass is 537 g/mol. The van der Waals surface area contributed by atoms with E-state index in [2.05, 4.69) is 5.32 Å². The van der Waals surface area contributed by atoms with E-state index in [0.717, 1.165) is 10.5 Å². The average Bonchev–Trinajstić information content (AvgIpc) is 2.85. The predicted octanol–water partition coefficient (Wildman–Crippen LogP) is 4.22. The Balaban J connectivity index is 1.53. The molecule has 35 heavy (non-hydrogen) atoms. The maximum absolute atomic E-state index is 12.7. The molecule has 3 rings (SSSR count). The second-order valence-electron chi connectivity index (χ2n) is 8.22. The largest absolute Gasteiger partial charge is 0.593 e. The number of piperidine rings is 1. The SMILES string of the molecule is CSc1ccc(/C=C/C(=O)N2CCC(C(=O)N[C@@H](Cc3ccc([OH2+])cc3)C(=O)O)CC2)c(Cl)c1Cl. The zero-order chi connectivity index (χ0) is 25.5. The Morgan fingerprint density at radius 1 is 1.14 bits per heavy atom. The van der Waals surface area contributed by atoms with E-state index in [4.69, 9.17) is 28.3 Å². The summed E-state index contributed by atoms with van der Waals surface area (Å²) in [5, 5.41) is 20.5. The lowest BCUT2D eigenvalue weighted by molar-refractivity contribution is -0.142. The van der Waals surface area contributed by atoms with Crippen molar-refractivity contribution in [3.05, 3.63) is 63.6 Å². The minimum Gasteiger partial charge on any atom is -0.593 e. The number of rotatable bonds is 8. The maximum Gasteiger partial charge on any atom is 0.326 e. The van der Waals surface area contributed by atoms with Crippen molar-refractivity contribution in [2.24, 2.45) is 5.92 Å². The fourth-order valence-corrected chi connectivity index (χ4v) is 5.00. The van der Waals surface area contributed by atoms with Crippen molar-refractivity contribution < 1.29 is 24.6 Å². The summed E-state index contributed by atoms with van der Waals surface area (Å²) in [6.07, 6.45) is 6.00. The molecular formula is C25H27Cl2N2O5S+. The molecule has 1 saturated heterocycles. The van der Waals surface area contributed by atoms with Crippen LogP contribution in [0.1, 0.15) is 24.0 Å². The summed E-state index contributed by atoms with van der Waals surface area (Å²) in [7, 11) is 0. The Morgan fingerprint density at radius 2 is 1.80 bits per heavy atom. The first-order chi connectivity index (χ1) is 16.7. The summed E-state index contributed by atoms with van der Waals surface area (Å²) in [4.78, 5) is 39.5. The molecule has 2 amide bonds. The number of carbonyl (C=O) groups excluding carboxylic acids is 2.